The Morgan fingerprint density at radius 3 is 2.47 bits per heavy atom. The maximum atomic E-state index is 12.2. The first-order valence-corrected chi connectivity index (χ1v) is 12.2. The number of ether oxygens (including phenoxy) is 4. The van der Waals surface area contributed by atoms with Crippen molar-refractivity contribution in [1.29, 1.82) is 0 Å². The van der Waals surface area contributed by atoms with E-state index in [0.29, 0.717) is 49.2 Å². The Bertz CT molecular complexity index is 1170. The highest BCUT2D eigenvalue weighted by molar-refractivity contribution is 5.74. The third kappa shape index (κ3) is 5.41. The predicted molar refractivity (Wildman–Crippen MR) is 137 cm³/mol. The van der Waals surface area contributed by atoms with Crippen LogP contribution in [0.1, 0.15) is 42.5 Å². The fourth-order valence-electron chi connectivity index (χ4n) is 4.86. The molecule has 7 heteroatoms. The Morgan fingerprint density at radius 2 is 1.78 bits per heavy atom. The van der Waals surface area contributed by atoms with Gasteiger partial charge in [0.15, 0.2) is 23.0 Å². The van der Waals surface area contributed by atoms with Crippen LogP contribution in [0.4, 0.5) is 0 Å². The van der Waals surface area contributed by atoms with Crippen LogP contribution in [-0.4, -0.2) is 49.4 Å². The predicted octanol–water partition coefficient (Wildman–Crippen LogP) is 5.32. The van der Waals surface area contributed by atoms with Gasteiger partial charge in [0.25, 0.3) is 0 Å². The molecule has 0 saturated carbocycles. The zero-order chi connectivity index (χ0) is 25.5. The number of likely N-dealkylation sites (tertiary alicyclic amines) is 1. The molecule has 36 heavy (non-hydrogen) atoms. The van der Waals surface area contributed by atoms with Gasteiger partial charge in [-0.15, -0.1) is 0 Å². The van der Waals surface area contributed by atoms with E-state index in [4.69, 9.17) is 18.9 Å². The molecule has 1 fully saturated rings. The fraction of sp³-hybridized carbons (Fsp3) is 0.345. The summed E-state index contributed by atoms with van der Waals surface area (Å²) in [4.78, 5) is 14.2. The number of nitrogens with zero attached hydrogens (tertiary/aromatic N) is 1. The second-order valence-electron chi connectivity index (χ2n) is 8.63. The summed E-state index contributed by atoms with van der Waals surface area (Å²) in [6, 6.07) is 20.5. The van der Waals surface area contributed by atoms with Crippen molar-refractivity contribution in [1.82, 2.24) is 4.90 Å². The van der Waals surface area contributed by atoms with Gasteiger partial charge in [0.05, 0.1) is 26.9 Å². The number of carbonyl (C=O) groups is 1. The van der Waals surface area contributed by atoms with Crippen molar-refractivity contribution in [2.45, 2.75) is 38.5 Å². The molecule has 1 aliphatic heterocycles. The Labute approximate surface area is 212 Å². The van der Waals surface area contributed by atoms with Crippen LogP contribution >= 0.6 is 0 Å². The average molecular weight is 492 g/mol. The molecule has 4 rings (SSSR count). The molecule has 2 atom stereocenters. The van der Waals surface area contributed by atoms with E-state index in [1.165, 1.54) is 0 Å². The molecular formula is C29H33NO6. The van der Waals surface area contributed by atoms with Gasteiger partial charge in [-0.05, 0) is 49.1 Å². The van der Waals surface area contributed by atoms with Gasteiger partial charge in [-0.3, -0.25) is 9.69 Å². The van der Waals surface area contributed by atoms with E-state index in [1.807, 2.05) is 78.6 Å². The number of rotatable bonds is 11. The highest BCUT2D eigenvalue weighted by Crippen LogP contribution is 2.44. The highest BCUT2D eigenvalue weighted by atomic mass is 16.5. The molecule has 1 aliphatic rings. The lowest BCUT2D eigenvalue weighted by atomic mass is 9.94. The van der Waals surface area contributed by atoms with Crippen LogP contribution in [0.5, 0.6) is 23.0 Å². The lowest BCUT2D eigenvalue weighted by Crippen LogP contribution is -2.39. The summed E-state index contributed by atoms with van der Waals surface area (Å²) >= 11 is 0. The molecule has 0 bridgehead atoms. The molecule has 3 aromatic rings. The van der Waals surface area contributed by atoms with Gasteiger partial charge in [-0.25, -0.2) is 0 Å². The quantitative estimate of drug-likeness (QED) is 0.389. The number of carboxylic acids is 1. The summed E-state index contributed by atoms with van der Waals surface area (Å²) in [5.41, 5.74) is 2.79. The van der Waals surface area contributed by atoms with Crippen LogP contribution in [0.2, 0.25) is 0 Å². The SMILES string of the molecule is CCOc1cc(C(c2cccc(OC)c2OC)N2CCCC2C(=O)O)ccc1OCc1ccccc1. The number of aliphatic carboxylic acids is 1. The average Bonchev–Trinajstić information content (AvgIpc) is 3.39. The first kappa shape index (κ1) is 25.4. The molecule has 190 valence electrons. The molecule has 1 N–H and O–H groups in total. The topological polar surface area (TPSA) is 77.5 Å². The molecular weight excluding hydrogens is 458 g/mol. The monoisotopic (exact) mass is 491 g/mol. The van der Waals surface area contributed by atoms with Crippen molar-refractivity contribution >= 4 is 5.97 Å². The molecule has 1 saturated heterocycles. The van der Waals surface area contributed by atoms with E-state index >= 15 is 0 Å². The van der Waals surface area contributed by atoms with Crippen molar-refractivity contribution in [2.75, 3.05) is 27.4 Å². The number of hydrogen-bond acceptors (Lipinski definition) is 6. The van der Waals surface area contributed by atoms with E-state index in [1.54, 1.807) is 14.2 Å². The van der Waals surface area contributed by atoms with Crippen molar-refractivity contribution in [3.05, 3.63) is 83.4 Å². The Kier molecular flexibility index (Phi) is 8.33. The first-order valence-electron chi connectivity index (χ1n) is 12.2. The zero-order valence-corrected chi connectivity index (χ0v) is 21.0. The minimum Gasteiger partial charge on any atom is -0.493 e. The van der Waals surface area contributed by atoms with Gasteiger partial charge in [-0.2, -0.15) is 0 Å². The molecule has 2 unspecified atom stereocenters. The number of benzene rings is 3. The van der Waals surface area contributed by atoms with E-state index in [-0.39, 0.29) is 6.04 Å². The normalized spacial score (nSPS) is 16.4. The molecule has 0 radical (unpaired) electrons. The summed E-state index contributed by atoms with van der Waals surface area (Å²) in [5, 5.41) is 9.97. The maximum Gasteiger partial charge on any atom is 0.320 e. The lowest BCUT2D eigenvalue weighted by molar-refractivity contribution is -0.142. The number of carboxylic acid groups (broad SMARTS) is 1. The molecule has 3 aromatic carbocycles. The molecule has 0 aliphatic carbocycles. The number of para-hydroxylation sites is 1. The smallest absolute Gasteiger partial charge is 0.320 e. The highest BCUT2D eigenvalue weighted by Gasteiger charge is 2.38. The van der Waals surface area contributed by atoms with Crippen LogP contribution in [-0.2, 0) is 11.4 Å². The third-order valence-electron chi connectivity index (χ3n) is 6.46. The van der Waals surface area contributed by atoms with Crippen LogP contribution < -0.4 is 18.9 Å². The van der Waals surface area contributed by atoms with Gasteiger partial charge in [-0.1, -0.05) is 48.5 Å². The molecule has 0 amide bonds. The van der Waals surface area contributed by atoms with E-state index in [9.17, 15) is 9.90 Å². The third-order valence-corrected chi connectivity index (χ3v) is 6.46. The Hall–Kier alpha value is -3.71. The van der Waals surface area contributed by atoms with Crippen molar-refractivity contribution in [2.24, 2.45) is 0 Å². The van der Waals surface area contributed by atoms with Crippen LogP contribution in [0.25, 0.3) is 0 Å². The largest absolute Gasteiger partial charge is 0.493 e. The number of methoxy groups -OCH3 is 2. The number of hydrogen-bond donors (Lipinski definition) is 1. The molecule has 0 aromatic heterocycles. The van der Waals surface area contributed by atoms with Crippen molar-refractivity contribution < 1.29 is 28.8 Å². The van der Waals surface area contributed by atoms with Gasteiger partial charge in [0, 0.05) is 12.1 Å². The molecule has 0 spiro atoms. The van der Waals surface area contributed by atoms with Crippen molar-refractivity contribution in [3.63, 3.8) is 0 Å². The van der Waals surface area contributed by atoms with Crippen LogP contribution in [0, 0.1) is 0 Å². The molecule has 1 heterocycles. The lowest BCUT2D eigenvalue weighted by Gasteiger charge is -2.33. The van der Waals surface area contributed by atoms with Gasteiger partial charge in [0.2, 0.25) is 0 Å². The van der Waals surface area contributed by atoms with Gasteiger partial charge >= 0.3 is 5.97 Å². The second-order valence-corrected chi connectivity index (χ2v) is 8.63. The Morgan fingerprint density at radius 1 is 0.972 bits per heavy atom. The minimum atomic E-state index is -0.827. The Balaban J connectivity index is 1.77. The van der Waals surface area contributed by atoms with E-state index < -0.39 is 12.0 Å². The van der Waals surface area contributed by atoms with E-state index in [2.05, 4.69) is 0 Å². The minimum absolute atomic E-state index is 0.374. The summed E-state index contributed by atoms with van der Waals surface area (Å²) in [7, 11) is 3.20. The van der Waals surface area contributed by atoms with Crippen LogP contribution in [0.3, 0.4) is 0 Å². The van der Waals surface area contributed by atoms with Crippen molar-refractivity contribution in [3.8, 4) is 23.0 Å². The van der Waals surface area contributed by atoms with Gasteiger partial charge in [0.1, 0.15) is 12.6 Å². The van der Waals surface area contributed by atoms with Gasteiger partial charge < -0.3 is 24.1 Å². The van der Waals surface area contributed by atoms with Crippen LogP contribution in [0.15, 0.2) is 66.7 Å². The molecule has 7 nitrogen and oxygen atoms in total. The maximum absolute atomic E-state index is 12.2. The summed E-state index contributed by atoms with van der Waals surface area (Å²) < 4.78 is 23.4. The summed E-state index contributed by atoms with van der Waals surface area (Å²) in [5.74, 6) is 1.61. The first-order chi connectivity index (χ1) is 17.6. The van der Waals surface area contributed by atoms with E-state index in [0.717, 1.165) is 23.1 Å². The zero-order valence-electron chi connectivity index (χ0n) is 21.0. The summed E-state index contributed by atoms with van der Waals surface area (Å²) in [6.07, 6.45) is 1.39. The summed E-state index contributed by atoms with van der Waals surface area (Å²) in [6.45, 7) is 3.47. The fourth-order valence-corrected chi connectivity index (χ4v) is 4.86. The second kappa shape index (κ2) is 11.8. The standard InChI is InChI=1S/C29H33NO6/c1-4-35-26-18-21(15-16-24(26)36-19-20-10-6-5-7-11-20)27(30-17-9-13-23(30)29(31)32)22-12-8-14-25(33-2)28(22)34-3/h5-8,10-12,14-16,18,23,27H,4,9,13,17,19H2,1-3H3,(H,31,32).